The molecule has 2 rings (SSSR count). The van der Waals surface area contributed by atoms with E-state index < -0.39 is 0 Å². The monoisotopic (exact) mass is 264 g/mol. The van der Waals surface area contributed by atoms with Crippen molar-refractivity contribution in [2.45, 2.75) is 38.0 Å². The van der Waals surface area contributed by atoms with E-state index in [1.54, 1.807) is 11.8 Å². The van der Waals surface area contributed by atoms with Gasteiger partial charge in [-0.3, -0.25) is 0 Å². The second kappa shape index (κ2) is 5.76. The lowest BCUT2D eigenvalue weighted by atomic mass is 10.0. The van der Waals surface area contributed by atoms with Gasteiger partial charge in [0, 0.05) is 17.8 Å². The first-order valence-electron chi connectivity index (χ1n) is 6.34. The van der Waals surface area contributed by atoms with Gasteiger partial charge in [0.2, 0.25) is 0 Å². The van der Waals surface area contributed by atoms with Crippen molar-refractivity contribution < 1.29 is 4.42 Å². The van der Waals surface area contributed by atoms with Gasteiger partial charge < -0.3 is 9.73 Å². The minimum absolute atomic E-state index is 0.210. The first-order valence-corrected chi connectivity index (χ1v) is 7.33. The van der Waals surface area contributed by atoms with Crippen LogP contribution < -0.4 is 5.32 Å². The van der Waals surface area contributed by atoms with Crippen LogP contribution in [0.5, 0.6) is 0 Å². The van der Waals surface area contributed by atoms with E-state index in [-0.39, 0.29) is 5.54 Å². The van der Waals surface area contributed by atoms with Crippen molar-refractivity contribution >= 4 is 22.9 Å². The van der Waals surface area contributed by atoms with E-state index in [1.807, 2.05) is 24.3 Å². The van der Waals surface area contributed by atoms with Crippen LogP contribution in [0.25, 0.3) is 11.1 Å². The summed E-state index contributed by atoms with van der Waals surface area (Å²) in [6.07, 6.45) is 1.13. The van der Waals surface area contributed by atoms with E-state index >= 15 is 0 Å². The van der Waals surface area contributed by atoms with Crippen molar-refractivity contribution in [2.24, 2.45) is 0 Å². The van der Waals surface area contributed by atoms with Gasteiger partial charge in [0.25, 0.3) is 5.22 Å². The Kier molecular flexibility index (Phi) is 4.30. The highest BCUT2D eigenvalue weighted by atomic mass is 32.2. The first-order chi connectivity index (χ1) is 8.61. The Morgan fingerprint density at radius 2 is 2.11 bits per heavy atom. The number of hydrogen-bond acceptors (Lipinski definition) is 4. The Labute approximate surface area is 112 Å². The molecule has 0 unspecified atom stereocenters. The van der Waals surface area contributed by atoms with Gasteiger partial charge in [0.05, 0.1) is 0 Å². The SMILES string of the molecule is CCC(C)(C)NCCSc1nc2ccccc2o1. The molecule has 0 atom stereocenters. The normalized spacial score (nSPS) is 12.2. The van der Waals surface area contributed by atoms with Crippen molar-refractivity contribution in [3.8, 4) is 0 Å². The highest BCUT2D eigenvalue weighted by Crippen LogP contribution is 2.22. The third-order valence-electron chi connectivity index (χ3n) is 3.09. The molecule has 0 fully saturated rings. The Balaban J connectivity index is 1.83. The zero-order valence-electron chi connectivity index (χ0n) is 11.2. The number of benzene rings is 1. The molecule has 18 heavy (non-hydrogen) atoms. The van der Waals surface area contributed by atoms with E-state index in [4.69, 9.17) is 4.42 Å². The van der Waals surface area contributed by atoms with Gasteiger partial charge in [0.15, 0.2) is 5.58 Å². The summed E-state index contributed by atoms with van der Waals surface area (Å²) in [7, 11) is 0. The van der Waals surface area contributed by atoms with Crippen LogP contribution in [0.15, 0.2) is 33.9 Å². The maximum absolute atomic E-state index is 5.65. The molecule has 1 heterocycles. The number of fused-ring (bicyclic) bond motifs is 1. The van der Waals surface area contributed by atoms with E-state index in [1.165, 1.54) is 0 Å². The number of oxazole rings is 1. The standard InChI is InChI=1S/C14H20N2OS/c1-4-14(2,3)15-9-10-18-13-16-11-7-5-6-8-12(11)17-13/h5-8,15H,4,9-10H2,1-3H3. The molecule has 0 aliphatic heterocycles. The Bertz CT molecular complexity index is 474. The highest BCUT2D eigenvalue weighted by molar-refractivity contribution is 7.99. The molecule has 98 valence electrons. The van der Waals surface area contributed by atoms with Crippen molar-refractivity contribution in [3.05, 3.63) is 24.3 Å². The fourth-order valence-electron chi connectivity index (χ4n) is 1.57. The molecule has 1 aromatic heterocycles. The molecule has 3 nitrogen and oxygen atoms in total. The number of nitrogens with zero attached hydrogens (tertiary/aromatic N) is 1. The number of rotatable bonds is 6. The topological polar surface area (TPSA) is 38.1 Å². The molecular weight excluding hydrogens is 244 g/mol. The maximum atomic E-state index is 5.65. The van der Waals surface area contributed by atoms with Gasteiger partial charge in [-0.25, -0.2) is 4.98 Å². The third-order valence-corrected chi connectivity index (χ3v) is 3.92. The fourth-order valence-corrected chi connectivity index (χ4v) is 2.26. The van der Waals surface area contributed by atoms with Crippen LogP contribution in [0.1, 0.15) is 27.2 Å². The van der Waals surface area contributed by atoms with Crippen LogP contribution in [-0.4, -0.2) is 22.8 Å². The predicted molar refractivity (Wildman–Crippen MR) is 77.1 cm³/mol. The van der Waals surface area contributed by atoms with Crippen molar-refractivity contribution in [2.75, 3.05) is 12.3 Å². The minimum Gasteiger partial charge on any atom is -0.431 e. The molecule has 0 amide bonds. The zero-order chi connectivity index (χ0) is 13.0. The molecule has 0 saturated heterocycles. The average Bonchev–Trinajstić information content (AvgIpc) is 2.77. The quantitative estimate of drug-likeness (QED) is 0.638. The fraction of sp³-hybridized carbons (Fsp3) is 0.500. The number of para-hydroxylation sites is 2. The van der Waals surface area contributed by atoms with E-state index in [9.17, 15) is 0 Å². The van der Waals surface area contributed by atoms with E-state index in [2.05, 4.69) is 31.1 Å². The van der Waals surface area contributed by atoms with Gasteiger partial charge in [-0.05, 0) is 32.4 Å². The molecule has 0 saturated carbocycles. The lowest BCUT2D eigenvalue weighted by Gasteiger charge is -2.24. The Morgan fingerprint density at radius 3 is 2.83 bits per heavy atom. The average molecular weight is 264 g/mol. The summed E-state index contributed by atoms with van der Waals surface area (Å²) in [6, 6.07) is 7.87. The third kappa shape index (κ3) is 3.50. The number of hydrogen-bond donors (Lipinski definition) is 1. The molecule has 1 aromatic carbocycles. The number of aromatic nitrogens is 1. The lowest BCUT2D eigenvalue weighted by Crippen LogP contribution is -2.39. The summed E-state index contributed by atoms with van der Waals surface area (Å²) < 4.78 is 5.65. The second-order valence-corrected chi connectivity index (χ2v) is 6.01. The van der Waals surface area contributed by atoms with Crippen LogP contribution in [0.3, 0.4) is 0 Å². The van der Waals surface area contributed by atoms with Gasteiger partial charge in [0.1, 0.15) is 5.52 Å². The molecular formula is C14H20N2OS. The van der Waals surface area contributed by atoms with Gasteiger partial charge in [-0.15, -0.1) is 0 Å². The molecule has 4 heteroatoms. The highest BCUT2D eigenvalue weighted by Gasteiger charge is 2.13. The molecule has 0 aliphatic carbocycles. The van der Waals surface area contributed by atoms with Crippen LogP contribution in [-0.2, 0) is 0 Å². The molecule has 0 bridgehead atoms. The van der Waals surface area contributed by atoms with E-state index in [0.717, 1.165) is 35.0 Å². The smallest absolute Gasteiger partial charge is 0.256 e. The van der Waals surface area contributed by atoms with Crippen molar-refractivity contribution in [3.63, 3.8) is 0 Å². The van der Waals surface area contributed by atoms with Crippen molar-refractivity contribution in [1.29, 1.82) is 0 Å². The first kappa shape index (κ1) is 13.4. The molecule has 0 radical (unpaired) electrons. The van der Waals surface area contributed by atoms with Crippen LogP contribution in [0, 0.1) is 0 Å². The van der Waals surface area contributed by atoms with Gasteiger partial charge in [-0.1, -0.05) is 30.8 Å². The molecule has 2 aromatic rings. The lowest BCUT2D eigenvalue weighted by molar-refractivity contribution is 0.388. The summed E-state index contributed by atoms with van der Waals surface area (Å²) in [5, 5.41) is 4.28. The maximum Gasteiger partial charge on any atom is 0.256 e. The van der Waals surface area contributed by atoms with Crippen molar-refractivity contribution in [1.82, 2.24) is 10.3 Å². The van der Waals surface area contributed by atoms with Gasteiger partial charge in [-0.2, -0.15) is 0 Å². The van der Waals surface area contributed by atoms with Crippen LogP contribution in [0.4, 0.5) is 0 Å². The molecule has 1 N–H and O–H groups in total. The predicted octanol–water partition coefficient (Wildman–Crippen LogP) is 3.70. The second-order valence-electron chi connectivity index (χ2n) is 4.96. The summed E-state index contributed by atoms with van der Waals surface area (Å²) in [5.74, 6) is 0.969. The number of nitrogens with one attached hydrogen (secondary N) is 1. The molecule has 0 aliphatic rings. The summed E-state index contributed by atoms with van der Waals surface area (Å²) in [6.45, 7) is 7.60. The Hall–Kier alpha value is -1.00. The Morgan fingerprint density at radius 1 is 1.33 bits per heavy atom. The zero-order valence-corrected chi connectivity index (χ0v) is 12.0. The van der Waals surface area contributed by atoms with Crippen LogP contribution in [0.2, 0.25) is 0 Å². The van der Waals surface area contributed by atoms with Gasteiger partial charge >= 0.3 is 0 Å². The minimum atomic E-state index is 0.210. The molecule has 0 spiro atoms. The van der Waals surface area contributed by atoms with Crippen LogP contribution >= 0.6 is 11.8 Å². The summed E-state index contributed by atoms with van der Waals surface area (Å²) >= 11 is 1.66. The summed E-state index contributed by atoms with van der Waals surface area (Å²) in [5.41, 5.74) is 2.01. The van der Waals surface area contributed by atoms with E-state index in [0.29, 0.717) is 0 Å². The largest absolute Gasteiger partial charge is 0.431 e. The number of thioether (sulfide) groups is 1. The summed E-state index contributed by atoms with van der Waals surface area (Å²) in [4.78, 5) is 4.44.